The topological polar surface area (TPSA) is 71.3 Å². The summed E-state index contributed by atoms with van der Waals surface area (Å²) in [5, 5.41) is 7.82. The summed E-state index contributed by atoms with van der Waals surface area (Å²) >= 11 is 7.87. The van der Waals surface area contributed by atoms with Gasteiger partial charge in [-0.1, -0.05) is 47.1 Å². The Morgan fingerprint density at radius 1 is 1.22 bits per heavy atom. The van der Waals surface area contributed by atoms with Crippen LogP contribution in [0, 0.1) is 5.92 Å². The molecule has 1 fully saturated rings. The number of piperidine rings is 1. The van der Waals surface area contributed by atoms with Gasteiger partial charge < -0.3 is 9.84 Å². The molecule has 0 radical (unpaired) electrons. The number of thioether (sulfide) groups is 1. The minimum absolute atomic E-state index is 0.000785. The van der Waals surface area contributed by atoms with Gasteiger partial charge in [-0.3, -0.25) is 9.69 Å². The number of hydrogen-bond donors (Lipinski definition) is 1. The van der Waals surface area contributed by atoms with Crippen LogP contribution in [0.25, 0.3) is 11.4 Å². The molecule has 1 aliphatic heterocycles. The average Bonchev–Trinajstić information content (AvgIpc) is 3.28. The lowest BCUT2D eigenvalue weighted by molar-refractivity contribution is -0.126. The third-order valence-electron chi connectivity index (χ3n) is 5.42. The van der Waals surface area contributed by atoms with E-state index in [4.69, 9.17) is 16.1 Å². The maximum absolute atomic E-state index is 12.6. The summed E-state index contributed by atoms with van der Waals surface area (Å²) in [6, 6.07) is 17.7. The summed E-state index contributed by atoms with van der Waals surface area (Å²) in [6.45, 7) is 2.89. The van der Waals surface area contributed by atoms with Crippen molar-refractivity contribution in [3.8, 4) is 11.4 Å². The van der Waals surface area contributed by atoms with Crippen molar-refractivity contribution >= 4 is 29.3 Å². The van der Waals surface area contributed by atoms with E-state index in [9.17, 15) is 4.79 Å². The average molecular weight is 471 g/mol. The molecule has 1 N–H and O–H groups in total. The fourth-order valence-corrected chi connectivity index (χ4v) is 4.87. The highest BCUT2D eigenvalue weighted by Gasteiger charge is 2.26. The largest absolute Gasteiger partial charge is 0.356 e. The normalized spacial score (nSPS) is 16.7. The van der Waals surface area contributed by atoms with E-state index in [-0.39, 0.29) is 11.8 Å². The van der Waals surface area contributed by atoms with Crippen LogP contribution >= 0.6 is 23.4 Å². The summed E-state index contributed by atoms with van der Waals surface area (Å²) < 4.78 is 5.44. The molecule has 1 saturated heterocycles. The lowest BCUT2D eigenvalue weighted by Gasteiger charge is -2.30. The van der Waals surface area contributed by atoms with Gasteiger partial charge in [0.05, 0.1) is 12.5 Å². The summed E-state index contributed by atoms with van der Waals surface area (Å²) in [6.07, 6.45) is 2.85. The van der Waals surface area contributed by atoms with Gasteiger partial charge in [-0.05, 0) is 55.8 Å². The predicted octanol–water partition coefficient (Wildman–Crippen LogP) is 4.90. The number of hydrogen-bond acceptors (Lipinski definition) is 6. The molecule has 0 aliphatic carbocycles. The van der Waals surface area contributed by atoms with Crippen molar-refractivity contribution in [3.63, 3.8) is 0 Å². The number of aromatic nitrogens is 2. The van der Waals surface area contributed by atoms with Gasteiger partial charge in [0, 0.05) is 28.6 Å². The number of amides is 1. The van der Waals surface area contributed by atoms with Crippen LogP contribution in [0.4, 0.5) is 0 Å². The fourth-order valence-electron chi connectivity index (χ4n) is 3.80. The summed E-state index contributed by atoms with van der Waals surface area (Å²) in [5.41, 5.74) is 0.828. The van der Waals surface area contributed by atoms with Crippen molar-refractivity contribution in [1.29, 1.82) is 0 Å². The Bertz CT molecular complexity index is 1010. The molecular formula is C24H27ClN4O2S. The maximum Gasteiger partial charge on any atom is 0.241 e. The Hall–Kier alpha value is -2.35. The molecule has 0 bridgehead atoms. The van der Waals surface area contributed by atoms with E-state index in [0.717, 1.165) is 37.1 Å². The fraction of sp³-hybridized carbons (Fsp3) is 0.375. The molecule has 2 aromatic carbocycles. The van der Waals surface area contributed by atoms with Crippen molar-refractivity contribution < 1.29 is 9.32 Å². The molecule has 0 saturated carbocycles. The van der Waals surface area contributed by atoms with Crippen LogP contribution in [-0.4, -0.2) is 46.3 Å². The number of likely N-dealkylation sites (tertiary alicyclic amines) is 1. The zero-order valence-electron chi connectivity index (χ0n) is 17.9. The SMILES string of the molecule is O=C(NCCCSc1ccccc1)C1CCCN(Cc2nc(-c3cccc(Cl)c3)no2)C1. The molecule has 3 aromatic rings. The molecule has 1 unspecified atom stereocenters. The number of nitrogens with one attached hydrogen (secondary N) is 1. The van der Waals surface area contributed by atoms with Crippen LogP contribution in [0.15, 0.2) is 64.0 Å². The predicted molar refractivity (Wildman–Crippen MR) is 128 cm³/mol. The minimum Gasteiger partial charge on any atom is -0.356 e. The first-order valence-corrected chi connectivity index (χ1v) is 12.3. The van der Waals surface area contributed by atoms with Crippen molar-refractivity contribution in [1.82, 2.24) is 20.4 Å². The van der Waals surface area contributed by atoms with Crippen LogP contribution < -0.4 is 5.32 Å². The van der Waals surface area contributed by atoms with Crippen molar-refractivity contribution in [2.24, 2.45) is 5.92 Å². The van der Waals surface area contributed by atoms with Gasteiger partial charge in [-0.25, -0.2) is 0 Å². The Labute approximate surface area is 197 Å². The standard InChI is InChI=1S/C24H27ClN4O2S/c25-20-9-4-7-18(15-20)23-27-22(31-28-23)17-29-13-5-8-19(16-29)24(30)26-12-6-14-32-21-10-2-1-3-11-21/h1-4,7,9-11,15,19H,5-6,8,12-14,16-17H2,(H,26,30). The first-order valence-electron chi connectivity index (χ1n) is 10.9. The van der Waals surface area contributed by atoms with Crippen LogP contribution in [-0.2, 0) is 11.3 Å². The highest BCUT2D eigenvalue weighted by atomic mass is 35.5. The van der Waals surface area contributed by atoms with Gasteiger partial charge in [-0.15, -0.1) is 11.8 Å². The van der Waals surface area contributed by atoms with E-state index in [0.29, 0.717) is 36.4 Å². The minimum atomic E-state index is 0.000785. The lowest BCUT2D eigenvalue weighted by atomic mass is 9.97. The number of carbonyl (C=O) groups excluding carboxylic acids is 1. The number of nitrogens with zero attached hydrogens (tertiary/aromatic N) is 3. The molecular weight excluding hydrogens is 444 g/mol. The zero-order chi connectivity index (χ0) is 22.2. The molecule has 4 rings (SSSR count). The van der Waals surface area contributed by atoms with Gasteiger partial charge in [-0.2, -0.15) is 4.98 Å². The van der Waals surface area contributed by atoms with E-state index in [1.165, 1.54) is 4.90 Å². The second-order valence-corrected chi connectivity index (χ2v) is 9.51. The monoisotopic (exact) mass is 470 g/mol. The highest BCUT2D eigenvalue weighted by molar-refractivity contribution is 7.99. The second-order valence-electron chi connectivity index (χ2n) is 7.90. The van der Waals surface area contributed by atoms with Crippen LogP contribution in [0.1, 0.15) is 25.2 Å². The van der Waals surface area contributed by atoms with E-state index >= 15 is 0 Å². The summed E-state index contributed by atoms with van der Waals surface area (Å²) in [4.78, 5) is 20.6. The van der Waals surface area contributed by atoms with Crippen molar-refractivity contribution in [2.75, 3.05) is 25.4 Å². The van der Waals surface area contributed by atoms with Gasteiger partial charge in [0.2, 0.25) is 17.6 Å². The summed E-state index contributed by atoms with van der Waals surface area (Å²) in [5.74, 6) is 2.22. The first kappa shape index (κ1) is 22.8. The number of rotatable bonds is 9. The van der Waals surface area contributed by atoms with Gasteiger partial charge in [0.1, 0.15) is 0 Å². The molecule has 1 atom stereocenters. The molecule has 168 valence electrons. The van der Waals surface area contributed by atoms with E-state index in [1.807, 2.05) is 54.2 Å². The maximum atomic E-state index is 12.6. The Kier molecular flexibility index (Phi) is 8.20. The molecule has 1 amide bonds. The number of halogens is 1. The zero-order valence-corrected chi connectivity index (χ0v) is 19.4. The lowest BCUT2D eigenvalue weighted by Crippen LogP contribution is -2.43. The number of carbonyl (C=O) groups is 1. The number of benzene rings is 2. The van der Waals surface area contributed by atoms with Gasteiger partial charge in [0.25, 0.3) is 0 Å². The van der Waals surface area contributed by atoms with Crippen molar-refractivity contribution in [3.05, 3.63) is 65.5 Å². The third kappa shape index (κ3) is 6.58. The highest BCUT2D eigenvalue weighted by Crippen LogP contribution is 2.22. The van der Waals surface area contributed by atoms with Crippen molar-refractivity contribution in [2.45, 2.75) is 30.7 Å². The van der Waals surface area contributed by atoms with E-state index < -0.39 is 0 Å². The Morgan fingerprint density at radius 3 is 2.94 bits per heavy atom. The Balaban J connectivity index is 1.20. The molecule has 1 aromatic heterocycles. The smallest absolute Gasteiger partial charge is 0.241 e. The van der Waals surface area contributed by atoms with Crippen LogP contribution in [0.3, 0.4) is 0 Å². The summed E-state index contributed by atoms with van der Waals surface area (Å²) in [7, 11) is 0. The molecule has 1 aliphatic rings. The second kappa shape index (κ2) is 11.5. The Morgan fingerprint density at radius 2 is 2.09 bits per heavy atom. The molecule has 0 spiro atoms. The molecule has 8 heteroatoms. The quantitative estimate of drug-likeness (QED) is 0.354. The third-order valence-corrected chi connectivity index (χ3v) is 6.75. The van der Waals surface area contributed by atoms with E-state index in [2.05, 4.69) is 32.5 Å². The molecule has 6 nitrogen and oxygen atoms in total. The first-order chi connectivity index (χ1) is 15.7. The van der Waals surface area contributed by atoms with Gasteiger partial charge in [0.15, 0.2) is 0 Å². The van der Waals surface area contributed by atoms with Crippen LogP contribution in [0.2, 0.25) is 5.02 Å². The molecule has 32 heavy (non-hydrogen) atoms. The molecule has 2 heterocycles. The van der Waals surface area contributed by atoms with Crippen LogP contribution in [0.5, 0.6) is 0 Å². The van der Waals surface area contributed by atoms with E-state index in [1.54, 1.807) is 0 Å². The van der Waals surface area contributed by atoms with Gasteiger partial charge >= 0.3 is 0 Å².